The molecular formula is C16H19N. The van der Waals surface area contributed by atoms with Crippen LogP contribution in [0.5, 0.6) is 0 Å². The van der Waals surface area contributed by atoms with Gasteiger partial charge < -0.3 is 0 Å². The van der Waals surface area contributed by atoms with Crippen LogP contribution >= 0.6 is 0 Å². The average molecular weight is 225 g/mol. The molecule has 0 amide bonds. The molecule has 1 aromatic heterocycles. The van der Waals surface area contributed by atoms with Gasteiger partial charge in [0, 0.05) is 11.8 Å². The van der Waals surface area contributed by atoms with E-state index < -0.39 is 0 Å². The molecule has 1 aliphatic rings. The van der Waals surface area contributed by atoms with Crippen LogP contribution in [-0.4, -0.2) is 4.98 Å². The molecule has 1 saturated carbocycles. The van der Waals surface area contributed by atoms with Gasteiger partial charge in [0.25, 0.3) is 0 Å². The summed E-state index contributed by atoms with van der Waals surface area (Å²) < 4.78 is 0. The van der Waals surface area contributed by atoms with E-state index in [0.717, 1.165) is 23.1 Å². The summed E-state index contributed by atoms with van der Waals surface area (Å²) in [7, 11) is 0. The van der Waals surface area contributed by atoms with Crippen LogP contribution in [0.4, 0.5) is 0 Å². The minimum Gasteiger partial charge on any atom is -0.256 e. The molecule has 0 bridgehead atoms. The Morgan fingerprint density at radius 3 is 1.94 bits per heavy atom. The van der Waals surface area contributed by atoms with Crippen molar-refractivity contribution in [3.8, 4) is 11.3 Å². The average Bonchev–Trinajstić information content (AvgIpc) is 3.05. The molecular weight excluding hydrogens is 206 g/mol. The normalized spacial score (nSPS) is 21.3. The van der Waals surface area contributed by atoms with E-state index in [2.05, 4.69) is 31.0 Å². The van der Waals surface area contributed by atoms with Crippen molar-refractivity contribution >= 4 is 0 Å². The molecule has 1 heterocycles. The minimum absolute atomic E-state index is 1.03. The van der Waals surface area contributed by atoms with Gasteiger partial charge in [0.2, 0.25) is 0 Å². The van der Waals surface area contributed by atoms with E-state index >= 15 is 0 Å². The molecule has 0 spiro atoms. The summed E-state index contributed by atoms with van der Waals surface area (Å²) in [6.07, 6.45) is 3.28. The lowest BCUT2D eigenvalue weighted by Gasteiger charge is -1.97. The van der Waals surface area contributed by atoms with Gasteiger partial charge in [0.1, 0.15) is 0 Å². The van der Waals surface area contributed by atoms with Crippen LogP contribution in [0.25, 0.3) is 11.3 Å². The lowest BCUT2D eigenvalue weighted by atomic mass is 10.1. The van der Waals surface area contributed by atoms with E-state index in [4.69, 9.17) is 0 Å². The van der Waals surface area contributed by atoms with Gasteiger partial charge in [-0.15, -0.1) is 0 Å². The van der Waals surface area contributed by atoms with E-state index in [1.807, 2.05) is 42.6 Å². The number of benzene rings is 1. The highest BCUT2D eigenvalue weighted by molar-refractivity contribution is 5.58. The molecule has 17 heavy (non-hydrogen) atoms. The molecule has 2 aromatic rings. The smallest absolute Gasteiger partial charge is 0.0701 e. The Morgan fingerprint density at radius 2 is 1.47 bits per heavy atom. The van der Waals surface area contributed by atoms with Gasteiger partial charge in [-0.25, -0.2) is 0 Å². The summed E-state index contributed by atoms with van der Waals surface area (Å²) in [6, 6.07) is 16.1. The number of aromatic nitrogens is 1. The number of hydrogen-bond acceptors (Lipinski definition) is 1. The fourth-order valence-electron chi connectivity index (χ4n) is 1.65. The summed E-state index contributed by atoms with van der Waals surface area (Å²) in [5, 5.41) is 0. The second-order valence-electron chi connectivity index (χ2n) is 4.77. The summed E-state index contributed by atoms with van der Waals surface area (Å²) in [6.45, 7) is 4.59. The number of pyridine rings is 1. The Morgan fingerprint density at radius 1 is 0.882 bits per heavy atom. The first-order chi connectivity index (χ1) is 8.27. The predicted molar refractivity (Wildman–Crippen MR) is 72.6 cm³/mol. The molecule has 0 N–H and O–H groups in total. The van der Waals surface area contributed by atoms with Crippen LogP contribution in [0.1, 0.15) is 20.3 Å². The zero-order valence-electron chi connectivity index (χ0n) is 10.5. The third kappa shape index (κ3) is 3.70. The summed E-state index contributed by atoms with van der Waals surface area (Å²) in [5.74, 6) is 2.10. The fourth-order valence-corrected chi connectivity index (χ4v) is 1.65. The van der Waals surface area contributed by atoms with Gasteiger partial charge >= 0.3 is 0 Å². The molecule has 3 rings (SSSR count). The maximum Gasteiger partial charge on any atom is 0.0701 e. The number of hydrogen-bond donors (Lipinski definition) is 0. The quantitative estimate of drug-likeness (QED) is 0.700. The summed E-state index contributed by atoms with van der Waals surface area (Å²) >= 11 is 0. The molecule has 2 atom stereocenters. The van der Waals surface area contributed by atoms with Gasteiger partial charge in [-0.3, -0.25) is 4.98 Å². The van der Waals surface area contributed by atoms with Gasteiger partial charge in [-0.05, 0) is 30.4 Å². The van der Waals surface area contributed by atoms with Crippen LogP contribution < -0.4 is 0 Å². The topological polar surface area (TPSA) is 12.9 Å². The highest BCUT2D eigenvalue weighted by atomic mass is 14.7. The maximum atomic E-state index is 4.25. The van der Waals surface area contributed by atoms with Crippen LogP contribution in [0.15, 0.2) is 54.7 Å². The van der Waals surface area contributed by atoms with Crippen molar-refractivity contribution in [2.45, 2.75) is 20.3 Å². The summed E-state index contributed by atoms with van der Waals surface area (Å²) in [4.78, 5) is 4.25. The predicted octanol–water partition coefficient (Wildman–Crippen LogP) is 4.41. The van der Waals surface area contributed by atoms with Crippen LogP contribution in [0.2, 0.25) is 0 Å². The fraction of sp³-hybridized carbons (Fsp3) is 0.312. The summed E-state index contributed by atoms with van der Waals surface area (Å²) in [5.41, 5.74) is 2.19. The highest BCUT2D eigenvalue weighted by Crippen LogP contribution is 2.36. The van der Waals surface area contributed by atoms with E-state index in [-0.39, 0.29) is 0 Å². The number of rotatable bonds is 1. The molecule has 0 aliphatic heterocycles. The monoisotopic (exact) mass is 225 g/mol. The van der Waals surface area contributed by atoms with Crippen molar-refractivity contribution in [1.29, 1.82) is 0 Å². The Balaban J connectivity index is 0.000000181. The van der Waals surface area contributed by atoms with Gasteiger partial charge in [0.15, 0.2) is 0 Å². The van der Waals surface area contributed by atoms with Crippen molar-refractivity contribution in [3.63, 3.8) is 0 Å². The van der Waals surface area contributed by atoms with Crippen LogP contribution in [-0.2, 0) is 0 Å². The van der Waals surface area contributed by atoms with E-state index in [9.17, 15) is 0 Å². The van der Waals surface area contributed by atoms with Crippen molar-refractivity contribution in [1.82, 2.24) is 4.98 Å². The van der Waals surface area contributed by atoms with E-state index in [1.165, 1.54) is 6.42 Å². The zero-order chi connectivity index (χ0) is 12.1. The first-order valence-electron chi connectivity index (χ1n) is 6.24. The van der Waals surface area contributed by atoms with Gasteiger partial charge in [0.05, 0.1) is 5.69 Å². The molecule has 0 radical (unpaired) electrons. The van der Waals surface area contributed by atoms with Gasteiger partial charge in [-0.1, -0.05) is 50.2 Å². The molecule has 0 saturated heterocycles. The zero-order valence-corrected chi connectivity index (χ0v) is 10.5. The number of nitrogens with zero attached hydrogens (tertiary/aromatic N) is 1. The standard InChI is InChI=1S/C11H9N.C5H10/c1-2-6-10(7-3-1)11-8-4-5-9-12-11;1-4-3-5(4)2/h1-9H;4-5H,3H2,1-2H3/t;4-,5?/m.1/s1. The Labute approximate surface area is 104 Å². The first kappa shape index (κ1) is 11.8. The third-order valence-electron chi connectivity index (χ3n) is 3.25. The van der Waals surface area contributed by atoms with Gasteiger partial charge in [-0.2, -0.15) is 0 Å². The largest absolute Gasteiger partial charge is 0.256 e. The molecule has 1 aliphatic carbocycles. The molecule has 1 unspecified atom stereocenters. The molecule has 1 fully saturated rings. The highest BCUT2D eigenvalue weighted by Gasteiger charge is 2.26. The second-order valence-corrected chi connectivity index (χ2v) is 4.77. The van der Waals surface area contributed by atoms with E-state index in [0.29, 0.717) is 0 Å². The Bertz CT molecular complexity index is 392. The molecule has 1 nitrogen and oxygen atoms in total. The lowest BCUT2D eigenvalue weighted by Crippen LogP contribution is -1.79. The molecule has 88 valence electrons. The van der Waals surface area contributed by atoms with Crippen LogP contribution in [0.3, 0.4) is 0 Å². The first-order valence-corrected chi connectivity index (χ1v) is 6.24. The van der Waals surface area contributed by atoms with E-state index in [1.54, 1.807) is 0 Å². The third-order valence-corrected chi connectivity index (χ3v) is 3.25. The molecule has 1 heteroatoms. The minimum atomic E-state index is 1.03. The Hall–Kier alpha value is -1.63. The maximum absolute atomic E-state index is 4.25. The van der Waals surface area contributed by atoms with Crippen molar-refractivity contribution in [2.75, 3.05) is 0 Å². The van der Waals surface area contributed by atoms with Crippen molar-refractivity contribution in [2.24, 2.45) is 11.8 Å². The SMILES string of the molecule is CC1C[C@H]1C.c1ccc(-c2ccccn2)cc1. The van der Waals surface area contributed by atoms with Crippen LogP contribution in [0, 0.1) is 11.8 Å². The van der Waals surface area contributed by atoms with Crippen molar-refractivity contribution < 1.29 is 0 Å². The molecule has 1 aromatic carbocycles. The lowest BCUT2D eigenvalue weighted by molar-refractivity contribution is 0.834. The second kappa shape index (κ2) is 5.62. The Kier molecular flexibility index (Phi) is 3.92. The van der Waals surface area contributed by atoms with Crippen molar-refractivity contribution in [3.05, 3.63) is 54.7 Å².